The first kappa shape index (κ1) is 13.4. The number of benzene rings is 1. The highest BCUT2D eigenvalue weighted by Crippen LogP contribution is 2.27. The second-order valence-electron chi connectivity index (χ2n) is 4.48. The molecule has 18 heavy (non-hydrogen) atoms. The minimum atomic E-state index is -1.04. The third kappa shape index (κ3) is 3.23. The van der Waals surface area contributed by atoms with Crippen molar-refractivity contribution in [2.24, 2.45) is 5.92 Å². The third-order valence-electron chi connectivity index (χ3n) is 3.16. The fourth-order valence-electron chi connectivity index (χ4n) is 2.09. The zero-order valence-electron chi connectivity index (χ0n) is 10.6. The molecule has 4 nitrogen and oxygen atoms in total. The molecule has 1 aliphatic heterocycles. The second kappa shape index (κ2) is 6.20. The molecule has 1 fully saturated rings. The normalized spacial score (nSPS) is 18.5. The van der Waals surface area contributed by atoms with Crippen LogP contribution in [0.2, 0.25) is 0 Å². The van der Waals surface area contributed by atoms with Crippen molar-refractivity contribution >= 4 is 16.5 Å². The van der Waals surface area contributed by atoms with E-state index in [0.29, 0.717) is 23.1 Å². The Kier molecular flexibility index (Phi) is 4.60. The minimum Gasteiger partial charge on any atom is -0.495 e. The maximum Gasteiger partial charge on any atom is 0.137 e. The number of rotatable bonds is 4. The summed E-state index contributed by atoms with van der Waals surface area (Å²) in [6.07, 6.45) is 1.98. The van der Waals surface area contributed by atoms with Crippen LogP contribution >= 0.6 is 0 Å². The lowest BCUT2D eigenvalue weighted by atomic mass is 10.0. The number of anilines is 1. The van der Waals surface area contributed by atoms with Crippen LogP contribution < -0.4 is 10.5 Å². The highest BCUT2D eigenvalue weighted by atomic mass is 32.2. The molecule has 0 spiro atoms. The monoisotopic (exact) mass is 269 g/mol. The van der Waals surface area contributed by atoms with Crippen molar-refractivity contribution in [2.45, 2.75) is 17.7 Å². The van der Waals surface area contributed by atoms with Gasteiger partial charge in [-0.05, 0) is 30.9 Å². The summed E-state index contributed by atoms with van der Waals surface area (Å²) in [5, 5.41) is 0. The molecule has 1 aliphatic rings. The van der Waals surface area contributed by atoms with Crippen molar-refractivity contribution in [3.8, 4) is 5.75 Å². The summed E-state index contributed by atoms with van der Waals surface area (Å²) < 4.78 is 22.9. The summed E-state index contributed by atoms with van der Waals surface area (Å²) in [6.45, 7) is 1.56. The molecule has 1 unspecified atom stereocenters. The Balaban J connectivity index is 2.08. The Morgan fingerprint density at radius 2 is 2.17 bits per heavy atom. The first-order valence-electron chi connectivity index (χ1n) is 6.10. The Morgan fingerprint density at radius 3 is 2.83 bits per heavy atom. The zero-order valence-corrected chi connectivity index (χ0v) is 11.4. The van der Waals surface area contributed by atoms with Gasteiger partial charge in [-0.2, -0.15) is 0 Å². The van der Waals surface area contributed by atoms with Gasteiger partial charge in [0.15, 0.2) is 0 Å². The maximum atomic E-state index is 12.4. The molecule has 1 aromatic rings. The van der Waals surface area contributed by atoms with Gasteiger partial charge in [-0.25, -0.2) is 0 Å². The van der Waals surface area contributed by atoms with E-state index in [1.54, 1.807) is 25.3 Å². The van der Waals surface area contributed by atoms with E-state index in [-0.39, 0.29) is 0 Å². The first-order valence-corrected chi connectivity index (χ1v) is 7.42. The summed E-state index contributed by atoms with van der Waals surface area (Å²) in [5.74, 6) is 1.76. The molecule has 0 radical (unpaired) electrons. The minimum absolute atomic E-state index is 0.474. The molecule has 2 rings (SSSR count). The summed E-state index contributed by atoms with van der Waals surface area (Å²) in [4.78, 5) is 0.734. The van der Waals surface area contributed by atoms with E-state index in [1.165, 1.54) is 0 Å². The zero-order chi connectivity index (χ0) is 13.0. The van der Waals surface area contributed by atoms with Crippen LogP contribution in [0.25, 0.3) is 0 Å². The van der Waals surface area contributed by atoms with Gasteiger partial charge in [0.05, 0.1) is 22.8 Å². The standard InChI is InChI=1S/C13H19NO3S/c1-16-12-8-11(14)2-3-13(12)18(15)9-10-4-6-17-7-5-10/h2-3,8,10H,4-7,9,14H2,1H3. The molecule has 1 atom stereocenters. The molecular weight excluding hydrogens is 250 g/mol. The van der Waals surface area contributed by atoms with E-state index in [1.807, 2.05) is 0 Å². The number of nitrogens with two attached hydrogens (primary N) is 1. The lowest BCUT2D eigenvalue weighted by molar-refractivity contribution is 0.0725. The Hall–Kier alpha value is -1.07. The van der Waals surface area contributed by atoms with Crippen molar-refractivity contribution in [1.82, 2.24) is 0 Å². The Morgan fingerprint density at radius 1 is 1.44 bits per heavy atom. The average molecular weight is 269 g/mol. The number of nitrogen functional groups attached to an aromatic ring is 1. The van der Waals surface area contributed by atoms with Crippen molar-refractivity contribution in [2.75, 3.05) is 31.8 Å². The van der Waals surface area contributed by atoms with Crippen LogP contribution in [0.4, 0.5) is 5.69 Å². The van der Waals surface area contributed by atoms with Crippen molar-refractivity contribution in [1.29, 1.82) is 0 Å². The fraction of sp³-hybridized carbons (Fsp3) is 0.538. The van der Waals surface area contributed by atoms with Crippen molar-refractivity contribution in [3.05, 3.63) is 18.2 Å². The van der Waals surface area contributed by atoms with E-state index < -0.39 is 10.8 Å². The maximum absolute atomic E-state index is 12.4. The number of hydrogen-bond acceptors (Lipinski definition) is 4. The van der Waals surface area contributed by atoms with Gasteiger partial charge in [0.25, 0.3) is 0 Å². The first-order chi connectivity index (χ1) is 8.70. The molecule has 100 valence electrons. The van der Waals surface area contributed by atoms with E-state index in [4.69, 9.17) is 15.2 Å². The van der Waals surface area contributed by atoms with Crippen LogP contribution in [0.3, 0.4) is 0 Å². The van der Waals surface area contributed by atoms with Gasteiger partial charge in [-0.15, -0.1) is 0 Å². The van der Waals surface area contributed by atoms with Crippen molar-refractivity contribution < 1.29 is 13.7 Å². The fourth-order valence-corrected chi connectivity index (χ4v) is 3.62. The van der Waals surface area contributed by atoms with Crippen LogP contribution in [0.5, 0.6) is 5.75 Å². The summed E-state index contributed by atoms with van der Waals surface area (Å²) in [6, 6.07) is 5.28. The number of ether oxygens (including phenoxy) is 2. The molecule has 1 saturated heterocycles. The van der Waals surface area contributed by atoms with Gasteiger partial charge in [0.2, 0.25) is 0 Å². The van der Waals surface area contributed by atoms with Crippen LogP contribution in [-0.4, -0.2) is 30.3 Å². The smallest absolute Gasteiger partial charge is 0.137 e. The Bertz CT molecular complexity index is 430. The largest absolute Gasteiger partial charge is 0.495 e. The lowest BCUT2D eigenvalue weighted by Crippen LogP contribution is -2.21. The molecule has 5 heteroatoms. The summed E-state index contributed by atoms with van der Waals surface area (Å²) in [5.41, 5.74) is 6.32. The predicted molar refractivity (Wildman–Crippen MR) is 72.2 cm³/mol. The summed E-state index contributed by atoms with van der Waals surface area (Å²) in [7, 11) is 0.537. The summed E-state index contributed by atoms with van der Waals surface area (Å²) >= 11 is 0. The molecule has 0 aromatic heterocycles. The Labute approximate surface area is 110 Å². The topological polar surface area (TPSA) is 61.5 Å². The number of hydrogen-bond donors (Lipinski definition) is 1. The molecule has 0 amide bonds. The van der Waals surface area contributed by atoms with Crippen molar-refractivity contribution in [3.63, 3.8) is 0 Å². The van der Waals surface area contributed by atoms with E-state index in [2.05, 4.69) is 0 Å². The van der Waals surface area contributed by atoms with Crippen LogP contribution in [0, 0.1) is 5.92 Å². The molecule has 2 N–H and O–H groups in total. The molecule has 1 aromatic carbocycles. The molecule has 0 saturated carbocycles. The molecular formula is C13H19NO3S. The third-order valence-corrected chi connectivity index (χ3v) is 4.76. The molecule has 0 bridgehead atoms. The van der Waals surface area contributed by atoms with E-state index in [0.717, 1.165) is 31.0 Å². The van der Waals surface area contributed by atoms with Gasteiger partial charge in [-0.3, -0.25) is 4.21 Å². The highest BCUT2D eigenvalue weighted by Gasteiger charge is 2.19. The van der Waals surface area contributed by atoms with Gasteiger partial charge in [0.1, 0.15) is 5.75 Å². The SMILES string of the molecule is COc1cc(N)ccc1S(=O)CC1CCOCC1. The van der Waals surface area contributed by atoms with Gasteiger partial charge < -0.3 is 15.2 Å². The molecule has 1 heterocycles. The van der Waals surface area contributed by atoms with Gasteiger partial charge in [0, 0.05) is 30.7 Å². The van der Waals surface area contributed by atoms with E-state index >= 15 is 0 Å². The quantitative estimate of drug-likeness (QED) is 0.847. The molecule has 0 aliphatic carbocycles. The average Bonchev–Trinajstić information content (AvgIpc) is 2.39. The van der Waals surface area contributed by atoms with Crippen LogP contribution in [-0.2, 0) is 15.5 Å². The van der Waals surface area contributed by atoms with E-state index in [9.17, 15) is 4.21 Å². The van der Waals surface area contributed by atoms with Crippen LogP contribution in [0.1, 0.15) is 12.8 Å². The highest BCUT2D eigenvalue weighted by molar-refractivity contribution is 7.85. The van der Waals surface area contributed by atoms with Gasteiger partial charge >= 0.3 is 0 Å². The predicted octanol–water partition coefficient (Wildman–Crippen LogP) is 1.81. The lowest BCUT2D eigenvalue weighted by Gasteiger charge is -2.21. The number of methoxy groups -OCH3 is 1. The second-order valence-corrected chi connectivity index (χ2v) is 5.94. The van der Waals surface area contributed by atoms with Gasteiger partial charge in [-0.1, -0.05) is 0 Å². The van der Waals surface area contributed by atoms with Crippen LogP contribution in [0.15, 0.2) is 23.1 Å².